The number of aromatic nitrogens is 2. The smallest absolute Gasteiger partial charge is 0.273 e. The van der Waals surface area contributed by atoms with E-state index in [1.807, 2.05) is 0 Å². The van der Waals surface area contributed by atoms with E-state index in [1.165, 1.54) is 24.4 Å². The molecule has 1 amide bonds. The summed E-state index contributed by atoms with van der Waals surface area (Å²) in [7, 11) is 0. The Balaban J connectivity index is 2.15. The Morgan fingerprint density at radius 2 is 2.25 bits per heavy atom. The maximum Gasteiger partial charge on any atom is 0.273 e. The van der Waals surface area contributed by atoms with Gasteiger partial charge in [-0.3, -0.25) is 9.89 Å². The van der Waals surface area contributed by atoms with Gasteiger partial charge in [0, 0.05) is 11.9 Å². The highest BCUT2D eigenvalue weighted by molar-refractivity contribution is 6.02. The van der Waals surface area contributed by atoms with E-state index in [4.69, 9.17) is 5.73 Å². The fourth-order valence-electron chi connectivity index (χ4n) is 1.19. The van der Waals surface area contributed by atoms with Crippen LogP contribution in [-0.4, -0.2) is 16.1 Å². The van der Waals surface area contributed by atoms with Crippen molar-refractivity contribution < 1.29 is 9.18 Å². The van der Waals surface area contributed by atoms with Gasteiger partial charge in [-0.25, -0.2) is 4.39 Å². The SMILES string of the molecule is Nc1ccc(NC(=O)c2ccn[nH]2)cc1F. The first kappa shape index (κ1) is 10.2. The van der Waals surface area contributed by atoms with Gasteiger partial charge in [0.1, 0.15) is 11.5 Å². The molecule has 1 aromatic carbocycles. The molecule has 0 saturated carbocycles. The maximum absolute atomic E-state index is 13.1. The molecule has 5 nitrogen and oxygen atoms in total. The summed E-state index contributed by atoms with van der Waals surface area (Å²) in [5.41, 5.74) is 5.99. The molecule has 1 aromatic heterocycles. The van der Waals surface area contributed by atoms with Crippen LogP contribution in [0.25, 0.3) is 0 Å². The molecule has 4 N–H and O–H groups in total. The van der Waals surface area contributed by atoms with Crippen molar-refractivity contribution in [2.24, 2.45) is 0 Å². The zero-order chi connectivity index (χ0) is 11.5. The van der Waals surface area contributed by atoms with Gasteiger partial charge < -0.3 is 11.1 Å². The van der Waals surface area contributed by atoms with Crippen LogP contribution < -0.4 is 11.1 Å². The van der Waals surface area contributed by atoms with Gasteiger partial charge in [0.25, 0.3) is 5.91 Å². The topological polar surface area (TPSA) is 83.8 Å². The second kappa shape index (κ2) is 4.01. The number of hydrogen-bond donors (Lipinski definition) is 3. The van der Waals surface area contributed by atoms with Crippen LogP contribution in [0.2, 0.25) is 0 Å². The highest BCUT2D eigenvalue weighted by Gasteiger charge is 2.08. The van der Waals surface area contributed by atoms with Gasteiger partial charge in [0.05, 0.1) is 5.69 Å². The number of nitrogens with zero attached hydrogens (tertiary/aromatic N) is 1. The Labute approximate surface area is 90.5 Å². The van der Waals surface area contributed by atoms with Crippen molar-refractivity contribution in [1.29, 1.82) is 0 Å². The molecular weight excluding hydrogens is 211 g/mol. The molecule has 16 heavy (non-hydrogen) atoms. The molecule has 0 aliphatic heterocycles. The predicted octanol–water partition coefficient (Wildman–Crippen LogP) is 1.38. The first-order valence-electron chi connectivity index (χ1n) is 4.52. The molecule has 0 fully saturated rings. The second-order valence-electron chi connectivity index (χ2n) is 3.16. The molecule has 82 valence electrons. The molecule has 0 radical (unpaired) electrons. The average molecular weight is 220 g/mol. The van der Waals surface area contributed by atoms with E-state index in [0.717, 1.165) is 6.07 Å². The average Bonchev–Trinajstić information content (AvgIpc) is 2.77. The Kier molecular flexibility index (Phi) is 2.55. The molecule has 0 atom stereocenters. The van der Waals surface area contributed by atoms with Crippen molar-refractivity contribution in [3.8, 4) is 0 Å². The maximum atomic E-state index is 13.1. The Morgan fingerprint density at radius 3 is 2.88 bits per heavy atom. The minimum Gasteiger partial charge on any atom is -0.396 e. The van der Waals surface area contributed by atoms with Crippen molar-refractivity contribution >= 4 is 17.3 Å². The number of nitrogens with one attached hydrogen (secondary N) is 2. The number of carbonyl (C=O) groups is 1. The number of halogens is 1. The van der Waals surface area contributed by atoms with E-state index in [-0.39, 0.29) is 11.6 Å². The summed E-state index contributed by atoms with van der Waals surface area (Å²) < 4.78 is 13.1. The first-order chi connectivity index (χ1) is 7.66. The van der Waals surface area contributed by atoms with Crippen LogP contribution in [0.1, 0.15) is 10.5 Å². The Hall–Kier alpha value is -2.37. The van der Waals surface area contributed by atoms with Gasteiger partial charge in [-0.05, 0) is 24.3 Å². The Morgan fingerprint density at radius 1 is 1.44 bits per heavy atom. The largest absolute Gasteiger partial charge is 0.396 e. The summed E-state index contributed by atoms with van der Waals surface area (Å²) >= 11 is 0. The minimum atomic E-state index is -0.567. The number of hydrogen-bond acceptors (Lipinski definition) is 3. The van der Waals surface area contributed by atoms with Crippen LogP contribution in [-0.2, 0) is 0 Å². The molecule has 1 heterocycles. The first-order valence-corrected chi connectivity index (χ1v) is 4.52. The van der Waals surface area contributed by atoms with E-state index >= 15 is 0 Å². The van der Waals surface area contributed by atoms with E-state index in [1.54, 1.807) is 0 Å². The second-order valence-corrected chi connectivity index (χ2v) is 3.16. The lowest BCUT2D eigenvalue weighted by Crippen LogP contribution is -2.12. The molecule has 2 rings (SSSR count). The van der Waals surface area contributed by atoms with Crippen LogP contribution in [0.4, 0.5) is 15.8 Å². The third-order valence-corrected chi connectivity index (χ3v) is 2.00. The summed E-state index contributed by atoms with van der Waals surface area (Å²) in [6.45, 7) is 0. The van der Waals surface area contributed by atoms with Gasteiger partial charge in [-0.15, -0.1) is 0 Å². The number of amides is 1. The third kappa shape index (κ3) is 2.00. The highest BCUT2D eigenvalue weighted by atomic mass is 19.1. The lowest BCUT2D eigenvalue weighted by atomic mass is 10.2. The van der Waals surface area contributed by atoms with Crippen molar-refractivity contribution in [2.45, 2.75) is 0 Å². The molecule has 0 aliphatic rings. The number of rotatable bonds is 2. The standard InChI is InChI=1S/C10H9FN4O/c11-7-5-6(1-2-8(7)12)14-10(16)9-3-4-13-15-9/h1-5H,12H2,(H,13,15)(H,14,16). The number of anilines is 2. The van der Waals surface area contributed by atoms with Crippen molar-refractivity contribution in [3.05, 3.63) is 42.0 Å². The normalized spacial score (nSPS) is 10.1. The fraction of sp³-hybridized carbons (Fsp3) is 0. The fourth-order valence-corrected chi connectivity index (χ4v) is 1.19. The predicted molar refractivity (Wildman–Crippen MR) is 57.4 cm³/mol. The minimum absolute atomic E-state index is 0.0412. The van der Waals surface area contributed by atoms with E-state index in [9.17, 15) is 9.18 Å². The van der Waals surface area contributed by atoms with E-state index < -0.39 is 5.82 Å². The zero-order valence-electron chi connectivity index (χ0n) is 8.20. The van der Waals surface area contributed by atoms with Crippen LogP contribution in [0.15, 0.2) is 30.5 Å². The van der Waals surface area contributed by atoms with Gasteiger partial charge >= 0.3 is 0 Å². The van der Waals surface area contributed by atoms with E-state index in [0.29, 0.717) is 11.4 Å². The molecular formula is C10H9FN4O. The van der Waals surface area contributed by atoms with Crippen molar-refractivity contribution in [2.75, 3.05) is 11.1 Å². The molecule has 0 unspecified atom stereocenters. The number of nitrogen functional groups attached to an aromatic ring is 1. The highest BCUT2D eigenvalue weighted by Crippen LogP contribution is 2.16. The number of carbonyl (C=O) groups excluding carboxylic acids is 1. The number of H-pyrrole nitrogens is 1. The number of aromatic amines is 1. The van der Waals surface area contributed by atoms with Gasteiger partial charge in [0.2, 0.25) is 0 Å². The van der Waals surface area contributed by atoms with Crippen LogP contribution >= 0.6 is 0 Å². The monoisotopic (exact) mass is 220 g/mol. The summed E-state index contributed by atoms with van der Waals surface area (Å²) in [6, 6.07) is 5.58. The molecule has 0 aliphatic carbocycles. The summed E-state index contributed by atoms with van der Waals surface area (Å²) in [4.78, 5) is 11.5. The molecule has 0 bridgehead atoms. The summed E-state index contributed by atoms with van der Waals surface area (Å²) in [5.74, 6) is -0.955. The molecule has 6 heteroatoms. The van der Waals surface area contributed by atoms with Crippen LogP contribution in [0.3, 0.4) is 0 Å². The van der Waals surface area contributed by atoms with Gasteiger partial charge in [-0.2, -0.15) is 5.10 Å². The van der Waals surface area contributed by atoms with Gasteiger partial charge in [0.15, 0.2) is 0 Å². The van der Waals surface area contributed by atoms with Crippen LogP contribution in [0.5, 0.6) is 0 Å². The zero-order valence-corrected chi connectivity index (χ0v) is 8.20. The quantitative estimate of drug-likeness (QED) is 0.668. The number of nitrogens with two attached hydrogens (primary N) is 1. The summed E-state index contributed by atoms with van der Waals surface area (Å²) in [6.07, 6.45) is 1.46. The number of benzene rings is 1. The van der Waals surface area contributed by atoms with E-state index in [2.05, 4.69) is 15.5 Å². The lowest BCUT2D eigenvalue weighted by molar-refractivity contribution is 0.102. The Bertz CT molecular complexity index is 510. The molecule has 0 spiro atoms. The van der Waals surface area contributed by atoms with Crippen LogP contribution in [0, 0.1) is 5.82 Å². The van der Waals surface area contributed by atoms with Crippen molar-refractivity contribution in [3.63, 3.8) is 0 Å². The third-order valence-electron chi connectivity index (χ3n) is 2.00. The van der Waals surface area contributed by atoms with Crippen molar-refractivity contribution in [1.82, 2.24) is 10.2 Å². The molecule has 0 saturated heterocycles. The lowest BCUT2D eigenvalue weighted by Gasteiger charge is -2.04. The molecule has 2 aromatic rings. The van der Waals surface area contributed by atoms with Gasteiger partial charge in [-0.1, -0.05) is 0 Å². The summed E-state index contributed by atoms with van der Waals surface area (Å²) in [5, 5.41) is 8.65.